The highest BCUT2D eigenvalue weighted by Gasteiger charge is 2.18. The Morgan fingerprint density at radius 2 is 2.16 bits per heavy atom. The number of carbonyl (C=O) groups excluding carboxylic acids is 1. The second-order valence-electron chi connectivity index (χ2n) is 6.41. The fourth-order valence-corrected chi connectivity index (χ4v) is 2.55. The zero-order valence-corrected chi connectivity index (χ0v) is 12.6. The van der Waals surface area contributed by atoms with Crippen LogP contribution in [0.2, 0.25) is 0 Å². The average Bonchev–Trinajstić information content (AvgIpc) is 2.38. The molecular formula is C16H30N2O. The molecule has 0 atom stereocenters. The molecule has 1 aliphatic carbocycles. The number of nitrogens with two attached hydrogens (primary N) is 1. The first-order valence-corrected chi connectivity index (χ1v) is 7.68. The first kappa shape index (κ1) is 16.2. The molecule has 1 aliphatic rings. The molecule has 0 saturated carbocycles. The normalized spacial score (nSPS) is 16.1. The molecule has 19 heavy (non-hydrogen) atoms. The molecule has 3 N–H and O–H groups in total. The fraction of sp³-hybridized carbons (Fsp3) is 0.812. The minimum absolute atomic E-state index is 0.179. The second-order valence-corrected chi connectivity index (χ2v) is 6.41. The lowest BCUT2D eigenvalue weighted by Crippen LogP contribution is -2.27. The van der Waals surface area contributed by atoms with Gasteiger partial charge in [0.25, 0.3) is 0 Å². The van der Waals surface area contributed by atoms with E-state index in [2.05, 4.69) is 25.2 Å². The number of hydrogen-bond acceptors (Lipinski definition) is 2. The zero-order chi connectivity index (χ0) is 14.1. The minimum Gasteiger partial charge on any atom is -0.356 e. The van der Waals surface area contributed by atoms with Gasteiger partial charge in [0, 0.05) is 13.0 Å². The lowest BCUT2D eigenvalue weighted by atomic mass is 9.84. The van der Waals surface area contributed by atoms with Crippen LogP contribution >= 0.6 is 0 Å². The van der Waals surface area contributed by atoms with Gasteiger partial charge in [0.05, 0.1) is 0 Å². The molecule has 0 aromatic carbocycles. The molecule has 1 amide bonds. The molecule has 0 aromatic heterocycles. The maximum Gasteiger partial charge on any atom is 0.220 e. The van der Waals surface area contributed by atoms with Crippen LogP contribution in [0.3, 0.4) is 0 Å². The second kappa shape index (κ2) is 8.36. The van der Waals surface area contributed by atoms with E-state index in [4.69, 9.17) is 5.73 Å². The molecule has 0 bridgehead atoms. The van der Waals surface area contributed by atoms with Crippen molar-refractivity contribution in [2.75, 3.05) is 13.1 Å². The minimum atomic E-state index is 0.179. The van der Waals surface area contributed by atoms with Crippen molar-refractivity contribution in [1.82, 2.24) is 5.32 Å². The molecule has 0 saturated heterocycles. The Morgan fingerprint density at radius 1 is 1.37 bits per heavy atom. The number of amides is 1. The summed E-state index contributed by atoms with van der Waals surface area (Å²) in [6.45, 7) is 5.85. The lowest BCUT2D eigenvalue weighted by Gasteiger charge is -2.23. The Hall–Kier alpha value is -0.830. The smallest absolute Gasteiger partial charge is 0.220 e. The molecule has 0 radical (unpaired) electrons. The maximum atomic E-state index is 11.8. The quantitative estimate of drug-likeness (QED) is 0.663. The molecule has 0 heterocycles. The first-order chi connectivity index (χ1) is 9.03. The highest BCUT2D eigenvalue weighted by atomic mass is 16.1. The Morgan fingerprint density at radius 3 is 2.79 bits per heavy atom. The highest BCUT2D eigenvalue weighted by Crippen LogP contribution is 2.25. The van der Waals surface area contributed by atoms with Crippen LogP contribution in [-0.2, 0) is 4.79 Å². The van der Waals surface area contributed by atoms with E-state index in [0.717, 1.165) is 25.8 Å². The summed E-state index contributed by atoms with van der Waals surface area (Å²) in [4.78, 5) is 11.8. The number of carbonyl (C=O) groups is 1. The maximum absolute atomic E-state index is 11.8. The number of nitrogens with one attached hydrogen (secondary N) is 1. The SMILES string of the molecule is CC(C)(CCN)CCC(=O)NCCC1=CCCCC1. The van der Waals surface area contributed by atoms with Gasteiger partial charge in [-0.05, 0) is 56.9 Å². The molecule has 1 rings (SSSR count). The molecule has 0 spiro atoms. The van der Waals surface area contributed by atoms with Gasteiger partial charge in [0.1, 0.15) is 0 Å². The van der Waals surface area contributed by atoms with Crippen LogP contribution in [0, 0.1) is 5.41 Å². The molecule has 0 aliphatic heterocycles. The van der Waals surface area contributed by atoms with Gasteiger partial charge in [-0.15, -0.1) is 0 Å². The van der Waals surface area contributed by atoms with Gasteiger partial charge in [-0.2, -0.15) is 0 Å². The predicted molar refractivity (Wildman–Crippen MR) is 80.9 cm³/mol. The van der Waals surface area contributed by atoms with Gasteiger partial charge in [0.2, 0.25) is 5.91 Å². The Kier molecular flexibility index (Phi) is 7.14. The van der Waals surface area contributed by atoms with E-state index < -0.39 is 0 Å². The van der Waals surface area contributed by atoms with E-state index >= 15 is 0 Å². The molecule has 3 nitrogen and oxygen atoms in total. The van der Waals surface area contributed by atoms with Gasteiger partial charge in [-0.25, -0.2) is 0 Å². The van der Waals surface area contributed by atoms with Gasteiger partial charge in [-0.1, -0.05) is 25.5 Å². The van der Waals surface area contributed by atoms with Crippen molar-refractivity contribution in [3.8, 4) is 0 Å². The van der Waals surface area contributed by atoms with Crippen molar-refractivity contribution in [2.24, 2.45) is 11.1 Å². The van der Waals surface area contributed by atoms with Gasteiger partial charge in [-0.3, -0.25) is 4.79 Å². The van der Waals surface area contributed by atoms with Crippen molar-refractivity contribution < 1.29 is 4.79 Å². The van der Waals surface area contributed by atoms with E-state index in [0.29, 0.717) is 13.0 Å². The van der Waals surface area contributed by atoms with E-state index in [1.165, 1.54) is 31.3 Å². The summed E-state index contributed by atoms with van der Waals surface area (Å²) in [5.74, 6) is 0.182. The third-order valence-corrected chi connectivity index (χ3v) is 4.00. The van der Waals surface area contributed by atoms with Crippen LogP contribution in [0.4, 0.5) is 0 Å². The van der Waals surface area contributed by atoms with E-state index in [9.17, 15) is 4.79 Å². The number of allylic oxidation sites excluding steroid dienone is 1. The summed E-state index contributed by atoms with van der Waals surface area (Å²) in [6.07, 6.45) is 11.0. The van der Waals surface area contributed by atoms with Crippen molar-refractivity contribution in [1.29, 1.82) is 0 Å². The summed E-state index contributed by atoms with van der Waals surface area (Å²) in [7, 11) is 0. The fourth-order valence-electron chi connectivity index (χ4n) is 2.55. The van der Waals surface area contributed by atoms with Crippen LogP contribution in [0.15, 0.2) is 11.6 Å². The summed E-state index contributed by atoms with van der Waals surface area (Å²) < 4.78 is 0. The van der Waals surface area contributed by atoms with Gasteiger partial charge >= 0.3 is 0 Å². The average molecular weight is 266 g/mol. The van der Waals surface area contributed by atoms with Crippen LogP contribution in [0.1, 0.15) is 65.2 Å². The number of hydrogen-bond donors (Lipinski definition) is 2. The molecule has 0 unspecified atom stereocenters. The Bertz CT molecular complexity index is 308. The summed E-state index contributed by atoms with van der Waals surface area (Å²) in [5, 5.41) is 3.03. The van der Waals surface area contributed by atoms with E-state index in [1.807, 2.05) is 0 Å². The van der Waals surface area contributed by atoms with E-state index in [-0.39, 0.29) is 11.3 Å². The zero-order valence-electron chi connectivity index (χ0n) is 12.6. The molecule has 0 aromatic rings. The summed E-state index contributed by atoms with van der Waals surface area (Å²) in [5.41, 5.74) is 7.28. The van der Waals surface area contributed by atoms with Crippen LogP contribution < -0.4 is 11.1 Å². The third-order valence-electron chi connectivity index (χ3n) is 4.00. The lowest BCUT2D eigenvalue weighted by molar-refractivity contribution is -0.121. The molecule has 3 heteroatoms. The van der Waals surface area contributed by atoms with Crippen LogP contribution in [0.25, 0.3) is 0 Å². The number of rotatable bonds is 8. The largest absolute Gasteiger partial charge is 0.356 e. The van der Waals surface area contributed by atoms with Crippen molar-refractivity contribution in [2.45, 2.75) is 65.2 Å². The van der Waals surface area contributed by atoms with Crippen LogP contribution in [-0.4, -0.2) is 19.0 Å². The van der Waals surface area contributed by atoms with E-state index in [1.54, 1.807) is 0 Å². The standard InChI is InChI=1S/C16H30N2O/c1-16(2,11-12-17)10-8-15(19)18-13-9-14-6-4-3-5-7-14/h6H,3-5,7-13,17H2,1-2H3,(H,18,19). The highest BCUT2D eigenvalue weighted by molar-refractivity contribution is 5.75. The molecule has 110 valence electrons. The Labute approximate surface area is 118 Å². The van der Waals surface area contributed by atoms with Crippen LogP contribution in [0.5, 0.6) is 0 Å². The van der Waals surface area contributed by atoms with Crippen molar-refractivity contribution in [3.63, 3.8) is 0 Å². The summed E-state index contributed by atoms with van der Waals surface area (Å²) in [6, 6.07) is 0. The predicted octanol–water partition coefficient (Wildman–Crippen LogP) is 3.15. The first-order valence-electron chi connectivity index (χ1n) is 7.68. The topological polar surface area (TPSA) is 55.1 Å². The molecular weight excluding hydrogens is 236 g/mol. The summed E-state index contributed by atoms with van der Waals surface area (Å²) >= 11 is 0. The van der Waals surface area contributed by atoms with Gasteiger partial charge < -0.3 is 11.1 Å². The van der Waals surface area contributed by atoms with Gasteiger partial charge in [0.15, 0.2) is 0 Å². The Balaban J connectivity index is 2.12. The monoisotopic (exact) mass is 266 g/mol. The van der Waals surface area contributed by atoms with Crippen molar-refractivity contribution >= 4 is 5.91 Å². The third kappa shape index (κ3) is 7.36. The van der Waals surface area contributed by atoms with Crippen molar-refractivity contribution in [3.05, 3.63) is 11.6 Å². The molecule has 0 fully saturated rings.